The number of carbonyl (C=O) groups excluding carboxylic acids is 1. The Hall–Kier alpha value is -3.53. The van der Waals surface area contributed by atoms with E-state index in [1.54, 1.807) is 12.3 Å². The molecule has 1 aliphatic heterocycles. The van der Waals surface area contributed by atoms with Gasteiger partial charge in [-0.05, 0) is 43.4 Å². The highest BCUT2D eigenvalue weighted by atomic mass is 19.1. The van der Waals surface area contributed by atoms with Gasteiger partial charge in [0.05, 0.1) is 11.9 Å². The zero-order chi connectivity index (χ0) is 20.2. The molecule has 4 rings (SSSR count). The Bertz CT molecular complexity index is 967. The SMILES string of the molecule is CN1CCN(c2ccc(NC(=O)c3nnc(Nc4ccc(F)cc4)o3)cn2)CC1. The van der Waals surface area contributed by atoms with Crippen LogP contribution in [0.5, 0.6) is 0 Å². The second kappa shape index (κ2) is 8.23. The Morgan fingerprint density at radius 3 is 2.45 bits per heavy atom. The fourth-order valence-electron chi connectivity index (χ4n) is 2.89. The minimum atomic E-state index is -0.543. The van der Waals surface area contributed by atoms with Crippen molar-refractivity contribution in [2.75, 3.05) is 48.8 Å². The molecule has 29 heavy (non-hydrogen) atoms. The lowest BCUT2D eigenvalue weighted by Gasteiger charge is -2.33. The fraction of sp³-hybridized carbons (Fsp3) is 0.263. The largest absolute Gasteiger partial charge is 0.399 e. The van der Waals surface area contributed by atoms with E-state index < -0.39 is 5.91 Å². The minimum Gasteiger partial charge on any atom is -0.399 e. The van der Waals surface area contributed by atoms with Gasteiger partial charge in [-0.25, -0.2) is 9.37 Å². The zero-order valence-electron chi connectivity index (χ0n) is 15.8. The molecule has 1 amide bonds. The molecule has 0 bridgehead atoms. The van der Waals surface area contributed by atoms with Crippen LogP contribution >= 0.6 is 0 Å². The lowest BCUT2D eigenvalue weighted by atomic mass is 10.3. The van der Waals surface area contributed by atoms with Gasteiger partial charge >= 0.3 is 17.8 Å². The molecular weight excluding hydrogens is 377 g/mol. The number of piperazine rings is 1. The molecule has 0 saturated carbocycles. The molecule has 0 atom stereocenters. The number of amides is 1. The number of hydrogen-bond donors (Lipinski definition) is 2. The van der Waals surface area contributed by atoms with Crippen molar-refractivity contribution in [3.63, 3.8) is 0 Å². The standard InChI is InChI=1S/C19H20FN7O2/c1-26-8-10-27(11-9-26)16-7-6-15(12-21-16)22-17(28)18-24-25-19(29-18)23-14-4-2-13(20)3-5-14/h2-7,12H,8-11H2,1H3,(H,22,28)(H,23,25). The molecule has 3 heterocycles. The number of aromatic nitrogens is 3. The Kier molecular flexibility index (Phi) is 5.34. The summed E-state index contributed by atoms with van der Waals surface area (Å²) in [5, 5.41) is 13.0. The number of pyridine rings is 1. The molecule has 0 spiro atoms. The first-order chi connectivity index (χ1) is 14.1. The van der Waals surface area contributed by atoms with Gasteiger partial charge in [0.15, 0.2) is 0 Å². The lowest BCUT2D eigenvalue weighted by Crippen LogP contribution is -2.44. The first-order valence-corrected chi connectivity index (χ1v) is 9.14. The summed E-state index contributed by atoms with van der Waals surface area (Å²) in [5.41, 5.74) is 1.09. The lowest BCUT2D eigenvalue weighted by molar-refractivity contribution is 0.0991. The van der Waals surface area contributed by atoms with E-state index in [9.17, 15) is 9.18 Å². The van der Waals surface area contributed by atoms with Gasteiger partial charge in [0.2, 0.25) is 0 Å². The molecule has 9 nitrogen and oxygen atoms in total. The maximum absolute atomic E-state index is 12.9. The van der Waals surface area contributed by atoms with Gasteiger partial charge in [-0.1, -0.05) is 5.10 Å². The van der Waals surface area contributed by atoms with E-state index in [4.69, 9.17) is 4.42 Å². The summed E-state index contributed by atoms with van der Waals surface area (Å²) < 4.78 is 18.3. The van der Waals surface area contributed by atoms with Crippen LogP contribution in [0.2, 0.25) is 0 Å². The Morgan fingerprint density at radius 2 is 1.76 bits per heavy atom. The average molecular weight is 397 g/mol. The topological polar surface area (TPSA) is 99.4 Å². The van der Waals surface area contributed by atoms with Gasteiger partial charge in [0.25, 0.3) is 0 Å². The first kappa shape index (κ1) is 18.8. The van der Waals surface area contributed by atoms with Crippen molar-refractivity contribution in [1.29, 1.82) is 0 Å². The van der Waals surface area contributed by atoms with Gasteiger partial charge in [-0.3, -0.25) is 4.79 Å². The van der Waals surface area contributed by atoms with Crippen LogP contribution in [0.1, 0.15) is 10.7 Å². The van der Waals surface area contributed by atoms with Crippen LogP contribution in [0.15, 0.2) is 47.0 Å². The van der Waals surface area contributed by atoms with Crippen molar-refractivity contribution in [1.82, 2.24) is 20.1 Å². The molecule has 0 unspecified atom stereocenters. The van der Waals surface area contributed by atoms with Crippen molar-refractivity contribution in [2.24, 2.45) is 0 Å². The third-order valence-electron chi connectivity index (χ3n) is 4.55. The molecule has 1 aliphatic rings. The maximum Gasteiger partial charge on any atom is 0.320 e. The van der Waals surface area contributed by atoms with Crippen molar-refractivity contribution < 1.29 is 13.6 Å². The van der Waals surface area contributed by atoms with Gasteiger partial charge in [-0.15, -0.1) is 5.10 Å². The Morgan fingerprint density at radius 1 is 1.03 bits per heavy atom. The predicted octanol–water partition coefficient (Wildman–Crippen LogP) is 2.35. The van der Waals surface area contributed by atoms with Crippen LogP contribution < -0.4 is 15.5 Å². The zero-order valence-corrected chi connectivity index (χ0v) is 15.8. The summed E-state index contributed by atoms with van der Waals surface area (Å²) in [7, 11) is 2.10. The van der Waals surface area contributed by atoms with Gasteiger partial charge in [-0.2, -0.15) is 0 Å². The van der Waals surface area contributed by atoms with Crippen LogP contribution in [0.4, 0.5) is 27.6 Å². The van der Waals surface area contributed by atoms with E-state index in [0.717, 1.165) is 32.0 Å². The molecular formula is C19H20FN7O2. The molecule has 1 saturated heterocycles. The summed E-state index contributed by atoms with van der Waals surface area (Å²) in [6.45, 7) is 3.82. The van der Waals surface area contributed by atoms with Gasteiger partial charge < -0.3 is 24.9 Å². The van der Waals surface area contributed by atoms with Crippen molar-refractivity contribution >= 4 is 29.1 Å². The van der Waals surface area contributed by atoms with Crippen LogP contribution in [0, 0.1) is 5.82 Å². The average Bonchev–Trinajstić information content (AvgIpc) is 3.20. The van der Waals surface area contributed by atoms with Crippen molar-refractivity contribution in [2.45, 2.75) is 0 Å². The Balaban J connectivity index is 1.35. The Labute approximate surface area is 166 Å². The highest BCUT2D eigenvalue weighted by molar-refractivity contribution is 6.00. The minimum absolute atomic E-state index is 0.0327. The number of rotatable bonds is 5. The summed E-state index contributed by atoms with van der Waals surface area (Å²) in [6, 6.07) is 9.32. The molecule has 10 heteroatoms. The summed E-state index contributed by atoms with van der Waals surface area (Å²) in [6.07, 6.45) is 1.60. The van der Waals surface area contributed by atoms with Gasteiger partial charge in [0, 0.05) is 31.9 Å². The second-order valence-electron chi connectivity index (χ2n) is 6.69. The normalized spacial score (nSPS) is 14.6. The quantitative estimate of drug-likeness (QED) is 0.677. The summed E-state index contributed by atoms with van der Waals surface area (Å²) in [5.74, 6) is -0.218. The van der Waals surface area contributed by atoms with Crippen LogP contribution in [0.25, 0.3) is 0 Å². The van der Waals surface area contributed by atoms with E-state index in [-0.39, 0.29) is 17.7 Å². The van der Waals surface area contributed by atoms with E-state index in [1.165, 1.54) is 24.3 Å². The molecule has 3 aromatic rings. The van der Waals surface area contributed by atoms with E-state index in [2.05, 4.69) is 42.7 Å². The van der Waals surface area contributed by atoms with Crippen LogP contribution in [0.3, 0.4) is 0 Å². The van der Waals surface area contributed by atoms with Crippen molar-refractivity contribution in [3.05, 3.63) is 54.3 Å². The predicted molar refractivity (Wildman–Crippen MR) is 106 cm³/mol. The molecule has 0 aliphatic carbocycles. The number of hydrogen-bond acceptors (Lipinski definition) is 8. The fourth-order valence-corrected chi connectivity index (χ4v) is 2.89. The second-order valence-corrected chi connectivity index (χ2v) is 6.69. The highest BCUT2D eigenvalue weighted by Gasteiger charge is 2.17. The van der Waals surface area contributed by atoms with Crippen molar-refractivity contribution in [3.8, 4) is 0 Å². The third-order valence-corrected chi connectivity index (χ3v) is 4.55. The number of likely N-dealkylation sites (N-methyl/N-ethyl adjacent to an activating group) is 1. The summed E-state index contributed by atoms with van der Waals surface area (Å²) >= 11 is 0. The smallest absolute Gasteiger partial charge is 0.320 e. The number of nitrogens with one attached hydrogen (secondary N) is 2. The molecule has 1 aromatic carbocycles. The summed E-state index contributed by atoms with van der Waals surface area (Å²) in [4.78, 5) is 21.2. The van der Waals surface area contributed by atoms with E-state index in [1.807, 2.05) is 6.07 Å². The van der Waals surface area contributed by atoms with Gasteiger partial charge in [0.1, 0.15) is 11.6 Å². The van der Waals surface area contributed by atoms with E-state index >= 15 is 0 Å². The monoisotopic (exact) mass is 397 g/mol. The number of halogens is 1. The number of benzene rings is 1. The van der Waals surface area contributed by atoms with E-state index in [0.29, 0.717) is 11.4 Å². The molecule has 2 aromatic heterocycles. The molecule has 1 fully saturated rings. The maximum atomic E-state index is 12.9. The third kappa shape index (κ3) is 4.66. The number of nitrogens with zero attached hydrogens (tertiary/aromatic N) is 5. The number of carbonyl (C=O) groups is 1. The number of anilines is 4. The van der Waals surface area contributed by atoms with Crippen LogP contribution in [-0.4, -0.2) is 59.2 Å². The molecule has 150 valence electrons. The molecule has 2 N–H and O–H groups in total. The highest BCUT2D eigenvalue weighted by Crippen LogP contribution is 2.18. The van der Waals surface area contributed by atoms with Crippen LogP contribution in [-0.2, 0) is 0 Å². The molecule has 0 radical (unpaired) electrons. The first-order valence-electron chi connectivity index (χ1n) is 9.14.